The molecule has 1 aromatic rings. The van der Waals surface area contributed by atoms with Crippen molar-refractivity contribution >= 4 is 46.8 Å². The van der Waals surface area contributed by atoms with Crippen molar-refractivity contribution in [2.24, 2.45) is 0 Å². The Morgan fingerprint density at radius 2 is 1.96 bits per heavy atom. The third-order valence-electron chi connectivity index (χ3n) is 4.10. The van der Waals surface area contributed by atoms with Crippen molar-refractivity contribution in [2.45, 2.75) is 24.6 Å². The predicted octanol–water partition coefficient (Wildman–Crippen LogP) is 2.55. The maximum Gasteiger partial charge on any atom is 0.233 e. The Hall–Kier alpha value is -0.950. The van der Waals surface area contributed by atoms with Gasteiger partial charge in [-0.3, -0.25) is 14.5 Å². The lowest BCUT2D eigenvalue weighted by atomic mass is 10.1. The van der Waals surface area contributed by atoms with Crippen LogP contribution in [0.3, 0.4) is 0 Å². The number of benzene rings is 1. The van der Waals surface area contributed by atoms with Crippen LogP contribution >= 0.6 is 35.0 Å². The number of amides is 2. The molecule has 0 radical (unpaired) electrons. The molecule has 2 amide bonds. The molecule has 1 aliphatic rings. The smallest absolute Gasteiger partial charge is 0.233 e. The van der Waals surface area contributed by atoms with E-state index >= 15 is 0 Å². The zero-order valence-electron chi connectivity index (χ0n) is 14.2. The van der Waals surface area contributed by atoms with E-state index in [2.05, 4.69) is 15.5 Å². The summed E-state index contributed by atoms with van der Waals surface area (Å²) in [5, 5.41) is 6.94. The van der Waals surface area contributed by atoms with Gasteiger partial charge < -0.3 is 10.6 Å². The van der Waals surface area contributed by atoms with E-state index in [0.29, 0.717) is 28.1 Å². The molecule has 25 heavy (non-hydrogen) atoms. The lowest BCUT2D eigenvalue weighted by Crippen LogP contribution is -2.47. The highest BCUT2D eigenvalue weighted by Gasteiger charge is 2.21. The molecule has 1 heterocycles. The van der Waals surface area contributed by atoms with Crippen LogP contribution in [0, 0.1) is 0 Å². The van der Waals surface area contributed by atoms with Crippen LogP contribution in [-0.2, 0) is 15.3 Å². The molecule has 0 atom stereocenters. The summed E-state index contributed by atoms with van der Waals surface area (Å²) in [5.74, 6) is 1.14. The first-order chi connectivity index (χ1) is 12.0. The van der Waals surface area contributed by atoms with Crippen molar-refractivity contribution in [2.75, 3.05) is 32.4 Å². The molecular formula is C17H23Cl2N3O2S. The topological polar surface area (TPSA) is 61.4 Å². The first-order valence-electron chi connectivity index (χ1n) is 8.22. The van der Waals surface area contributed by atoms with Gasteiger partial charge in [-0.15, -0.1) is 11.8 Å². The van der Waals surface area contributed by atoms with Crippen LogP contribution in [0.4, 0.5) is 0 Å². The summed E-state index contributed by atoms with van der Waals surface area (Å²) in [5.41, 5.74) is 0.978. The number of hydrogen-bond donors (Lipinski definition) is 2. The van der Waals surface area contributed by atoms with Crippen LogP contribution in [0.2, 0.25) is 10.0 Å². The van der Waals surface area contributed by atoms with Crippen molar-refractivity contribution in [3.05, 3.63) is 33.8 Å². The third kappa shape index (κ3) is 7.05. The number of likely N-dealkylation sites (N-methyl/N-ethyl adjacent to an activating group) is 1. The number of carbonyl (C=O) groups is 2. The van der Waals surface area contributed by atoms with Gasteiger partial charge in [0.25, 0.3) is 0 Å². The highest BCUT2D eigenvalue weighted by atomic mass is 35.5. The van der Waals surface area contributed by atoms with Gasteiger partial charge in [-0.1, -0.05) is 29.3 Å². The summed E-state index contributed by atoms with van der Waals surface area (Å²) in [6.07, 6.45) is 1.74. The number of carbonyl (C=O) groups excluding carboxylic acids is 2. The van der Waals surface area contributed by atoms with Gasteiger partial charge in [-0.25, -0.2) is 0 Å². The quantitative estimate of drug-likeness (QED) is 0.734. The maximum absolute atomic E-state index is 12.1. The van der Waals surface area contributed by atoms with Crippen molar-refractivity contribution in [1.82, 2.24) is 15.5 Å². The lowest BCUT2D eigenvalue weighted by molar-refractivity contribution is -0.123. The number of hydrogen-bond acceptors (Lipinski definition) is 4. The summed E-state index contributed by atoms with van der Waals surface area (Å²) in [7, 11) is 1.64. The van der Waals surface area contributed by atoms with Gasteiger partial charge in [0.05, 0.1) is 12.3 Å². The molecule has 5 nitrogen and oxygen atoms in total. The molecule has 0 bridgehead atoms. The number of halogens is 2. The van der Waals surface area contributed by atoms with Crippen molar-refractivity contribution in [3.8, 4) is 0 Å². The van der Waals surface area contributed by atoms with Gasteiger partial charge in [0.1, 0.15) is 0 Å². The van der Waals surface area contributed by atoms with Gasteiger partial charge in [-0.05, 0) is 30.5 Å². The van der Waals surface area contributed by atoms with E-state index in [1.165, 1.54) is 11.8 Å². The fourth-order valence-corrected chi connectivity index (χ4v) is 4.08. The van der Waals surface area contributed by atoms with E-state index in [4.69, 9.17) is 23.2 Å². The second-order valence-corrected chi connectivity index (χ2v) is 7.85. The van der Waals surface area contributed by atoms with Crippen molar-refractivity contribution in [3.63, 3.8) is 0 Å². The van der Waals surface area contributed by atoms with Crippen LogP contribution in [0.5, 0.6) is 0 Å². The number of nitrogens with zero attached hydrogens (tertiary/aromatic N) is 1. The lowest BCUT2D eigenvalue weighted by Gasteiger charge is -2.31. The van der Waals surface area contributed by atoms with Crippen molar-refractivity contribution < 1.29 is 9.59 Å². The standard InChI is InChI=1S/C17H23Cl2N3O2S/c1-20-16(23)9-22-6-4-14(5-7-22)21-17(24)11-25-10-12-2-3-13(18)8-15(12)19/h2-3,8,14H,4-7,9-11H2,1H3,(H,20,23)(H,21,24). The number of thioether (sulfide) groups is 1. The van der Waals surface area contributed by atoms with E-state index in [0.717, 1.165) is 31.5 Å². The van der Waals surface area contributed by atoms with Crippen LogP contribution in [0.25, 0.3) is 0 Å². The molecule has 2 rings (SSSR count). The highest BCUT2D eigenvalue weighted by molar-refractivity contribution is 7.99. The highest BCUT2D eigenvalue weighted by Crippen LogP contribution is 2.24. The first-order valence-corrected chi connectivity index (χ1v) is 10.1. The first kappa shape index (κ1) is 20.4. The molecule has 8 heteroatoms. The SMILES string of the molecule is CNC(=O)CN1CCC(NC(=O)CSCc2ccc(Cl)cc2Cl)CC1. The fraction of sp³-hybridized carbons (Fsp3) is 0.529. The zero-order chi connectivity index (χ0) is 18.2. The molecule has 138 valence electrons. The Bertz CT molecular complexity index is 608. The zero-order valence-corrected chi connectivity index (χ0v) is 16.5. The molecule has 1 aliphatic heterocycles. The summed E-state index contributed by atoms with van der Waals surface area (Å²) in [6, 6.07) is 5.59. The summed E-state index contributed by atoms with van der Waals surface area (Å²) < 4.78 is 0. The minimum atomic E-state index is 0.0275. The molecule has 0 spiro atoms. The second kappa shape index (κ2) is 10.3. The summed E-state index contributed by atoms with van der Waals surface area (Å²) in [6.45, 7) is 2.08. The Balaban J connectivity index is 1.65. The third-order valence-corrected chi connectivity index (χ3v) is 5.67. The van der Waals surface area contributed by atoms with Crippen molar-refractivity contribution in [1.29, 1.82) is 0 Å². The Morgan fingerprint density at radius 1 is 1.24 bits per heavy atom. The molecular weight excluding hydrogens is 381 g/mol. The van der Waals surface area contributed by atoms with Crippen LogP contribution in [0.1, 0.15) is 18.4 Å². The molecule has 1 saturated heterocycles. The van der Waals surface area contributed by atoms with Gasteiger partial charge in [0.2, 0.25) is 11.8 Å². The van der Waals surface area contributed by atoms with E-state index in [9.17, 15) is 9.59 Å². The molecule has 0 unspecified atom stereocenters. The van der Waals surface area contributed by atoms with E-state index in [1.54, 1.807) is 19.2 Å². The van der Waals surface area contributed by atoms with Gasteiger partial charge >= 0.3 is 0 Å². The number of nitrogens with one attached hydrogen (secondary N) is 2. The molecule has 0 saturated carbocycles. The second-order valence-electron chi connectivity index (χ2n) is 6.02. The average Bonchev–Trinajstić information content (AvgIpc) is 2.58. The molecule has 2 N–H and O–H groups in total. The molecule has 0 aromatic heterocycles. The van der Waals surface area contributed by atoms with E-state index in [-0.39, 0.29) is 17.9 Å². The molecule has 1 fully saturated rings. The number of likely N-dealkylation sites (tertiary alicyclic amines) is 1. The fourth-order valence-electron chi connectivity index (χ4n) is 2.68. The normalized spacial score (nSPS) is 15.8. The summed E-state index contributed by atoms with van der Waals surface area (Å²) >= 11 is 13.5. The maximum atomic E-state index is 12.1. The number of rotatable bonds is 7. The summed E-state index contributed by atoms with van der Waals surface area (Å²) in [4.78, 5) is 25.6. The van der Waals surface area contributed by atoms with Crippen LogP contribution in [-0.4, -0.2) is 55.2 Å². The number of piperidine rings is 1. The predicted molar refractivity (Wildman–Crippen MR) is 104 cm³/mol. The van der Waals surface area contributed by atoms with E-state index in [1.807, 2.05) is 6.07 Å². The van der Waals surface area contributed by atoms with Gasteiger partial charge in [0, 0.05) is 42.0 Å². The Labute approximate surface area is 162 Å². The van der Waals surface area contributed by atoms with Crippen LogP contribution in [0.15, 0.2) is 18.2 Å². The molecule has 1 aromatic carbocycles. The minimum Gasteiger partial charge on any atom is -0.358 e. The van der Waals surface area contributed by atoms with Gasteiger partial charge in [-0.2, -0.15) is 0 Å². The average molecular weight is 404 g/mol. The largest absolute Gasteiger partial charge is 0.358 e. The van der Waals surface area contributed by atoms with Gasteiger partial charge in [0.15, 0.2) is 0 Å². The Kier molecular flexibility index (Phi) is 8.36. The van der Waals surface area contributed by atoms with Crippen LogP contribution < -0.4 is 10.6 Å². The van der Waals surface area contributed by atoms with E-state index < -0.39 is 0 Å². The Morgan fingerprint density at radius 3 is 2.60 bits per heavy atom. The monoisotopic (exact) mass is 403 g/mol. The molecule has 0 aliphatic carbocycles. The minimum absolute atomic E-state index is 0.0275.